The zero-order valence-corrected chi connectivity index (χ0v) is 27.8. The van der Waals surface area contributed by atoms with Gasteiger partial charge in [0.25, 0.3) is 5.91 Å². The number of aromatic nitrogens is 3. The Morgan fingerprint density at radius 1 is 0.920 bits per heavy atom. The Kier molecular flexibility index (Phi) is 9.56. The first-order valence-electron chi connectivity index (χ1n) is 16.8. The summed E-state index contributed by atoms with van der Waals surface area (Å²) >= 11 is 0. The van der Waals surface area contributed by atoms with Crippen LogP contribution in [0.3, 0.4) is 0 Å². The van der Waals surface area contributed by atoms with E-state index in [2.05, 4.69) is 46.8 Å². The first-order chi connectivity index (χ1) is 24.4. The zero-order chi connectivity index (χ0) is 34.5. The Bertz CT molecular complexity index is 2010. The minimum atomic E-state index is -0.290. The molecule has 0 radical (unpaired) electrons. The number of carbonyl (C=O) groups excluding carboxylic acids is 3. The van der Waals surface area contributed by atoms with Crippen molar-refractivity contribution < 1.29 is 14.4 Å². The Labute approximate surface area is 290 Å². The van der Waals surface area contributed by atoms with Gasteiger partial charge in [0.2, 0.25) is 17.8 Å². The van der Waals surface area contributed by atoms with Gasteiger partial charge in [-0.1, -0.05) is 30.3 Å². The lowest BCUT2D eigenvalue weighted by Gasteiger charge is -2.36. The molecule has 3 aromatic carbocycles. The normalized spacial score (nSPS) is 16.5. The smallest absolute Gasteiger partial charge is 0.255 e. The summed E-state index contributed by atoms with van der Waals surface area (Å²) in [5.41, 5.74) is 7.87. The van der Waals surface area contributed by atoms with Crippen LogP contribution < -0.4 is 20.9 Å². The Balaban J connectivity index is 0.941. The van der Waals surface area contributed by atoms with Crippen molar-refractivity contribution >= 4 is 40.7 Å². The summed E-state index contributed by atoms with van der Waals surface area (Å²) in [5, 5.41) is 8.80. The molecule has 2 aliphatic rings. The van der Waals surface area contributed by atoms with Gasteiger partial charge >= 0.3 is 0 Å². The quantitative estimate of drug-likeness (QED) is 0.170. The molecule has 11 nitrogen and oxygen atoms in total. The van der Waals surface area contributed by atoms with Crippen molar-refractivity contribution in [1.29, 1.82) is 0 Å². The molecule has 3 amide bonds. The molecule has 0 saturated carbocycles. The molecule has 2 saturated heterocycles. The van der Waals surface area contributed by atoms with Gasteiger partial charge in [-0.15, -0.1) is 0 Å². The standard InChI is InChI=1S/C39H38N8O3/c1-26-8-11-30(23-35(26)44-39-41-18-16-34(43-39)28-6-4-17-40-24-28)42-37(49)27-9-12-31(13-10-27)47-21-19-46(20-22-47)25-29-5-2-3-7-32(29)33-14-15-36(48)45-38(33)50/h2-13,16-18,23-24,33H,14-15,19-22,25H2,1H3,(H,42,49)(H,41,43,44)(H,45,48,50). The van der Waals surface area contributed by atoms with Crippen molar-refractivity contribution in [3.63, 3.8) is 0 Å². The number of imide groups is 1. The molecule has 0 bridgehead atoms. The monoisotopic (exact) mass is 666 g/mol. The van der Waals surface area contributed by atoms with Crippen LogP contribution >= 0.6 is 0 Å². The number of nitrogens with one attached hydrogen (secondary N) is 3. The molecule has 4 heterocycles. The molecular formula is C39H38N8O3. The highest BCUT2D eigenvalue weighted by Gasteiger charge is 2.30. The van der Waals surface area contributed by atoms with Crippen molar-refractivity contribution in [2.75, 3.05) is 41.7 Å². The number of pyridine rings is 1. The number of piperazine rings is 1. The van der Waals surface area contributed by atoms with Crippen LogP contribution in [0, 0.1) is 6.92 Å². The summed E-state index contributed by atoms with van der Waals surface area (Å²) in [5.74, 6) is -0.433. The van der Waals surface area contributed by atoms with Gasteiger partial charge in [0.1, 0.15) is 0 Å². The van der Waals surface area contributed by atoms with Gasteiger partial charge in [0, 0.05) is 85.9 Å². The molecule has 252 valence electrons. The summed E-state index contributed by atoms with van der Waals surface area (Å²) in [6.45, 7) is 6.17. The third kappa shape index (κ3) is 7.53. The van der Waals surface area contributed by atoms with E-state index in [0.29, 0.717) is 30.0 Å². The van der Waals surface area contributed by atoms with E-state index in [-0.39, 0.29) is 23.6 Å². The molecule has 0 aliphatic carbocycles. The highest BCUT2D eigenvalue weighted by molar-refractivity contribution is 6.04. The Hall–Kier alpha value is -5.94. The summed E-state index contributed by atoms with van der Waals surface area (Å²) < 4.78 is 0. The summed E-state index contributed by atoms with van der Waals surface area (Å²) in [6.07, 6.45) is 6.10. The maximum atomic E-state index is 13.2. The van der Waals surface area contributed by atoms with Gasteiger partial charge < -0.3 is 15.5 Å². The van der Waals surface area contributed by atoms with Gasteiger partial charge in [-0.3, -0.25) is 29.6 Å². The van der Waals surface area contributed by atoms with Gasteiger partial charge in [-0.25, -0.2) is 9.97 Å². The SMILES string of the molecule is Cc1ccc(NC(=O)c2ccc(N3CCN(Cc4ccccc4C4CCC(=O)NC4=O)CC3)cc2)cc1Nc1nccc(-c2cccnc2)n1. The molecule has 11 heteroatoms. The maximum Gasteiger partial charge on any atom is 0.255 e. The van der Waals surface area contributed by atoms with Gasteiger partial charge in [0.15, 0.2) is 0 Å². The molecule has 2 fully saturated rings. The number of benzene rings is 3. The number of rotatable bonds is 9. The first kappa shape index (κ1) is 32.6. The number of piperidine rings is 1. The molecule has 50 heavy (non-hydrogen) atoms. The number of nitrogens with zero attached hydrogens (tertiary/aromatic N) is 5. The lowest BCUT2D eigenvalue weighted by molar-refractivity contribution is -0.134. The molecule has 2 aliphatic heterocycles. The minimum Gasteiger partial charge on any atom is -0.369 e. The number of aryl methyl sites for hydroxylation is 1. The van der Waals surface area contributed by atoms with E-state index in [0.717, 1.165) is 72.0 Å². The fraction of sp³-hybridized carbons (Fsp3) is 0.231. The van der Waals surface area contributed by atoms with Crippen molar-refractivity contribution in [3.8, 4) is 11.3 Å². The third-order valence-electron chi connectivity index (χ3n) is 9.29. The second-order valence-electron chi connectivity index (χ2n) is 12.6. The van der Waals surface area contributed by atoms with Crippen LogP contribution in [-0.2, 0) is 16.1 Å². The summed E-state index contributed by atoms with van der Waals surface area (Å²) in [6, 6.07) is 27.1. The Morgan fingerprint density at radius 2 is 1.74 bits per heavy atom. The average molecular weight is 667 g/mol. The van der Waals surface area contributed by atoms with Crippen LogP contribution in [0.25, 0.3) is 11.3 Å². The summed E-state index contributed by atoms with van der Waals surface area (Å²) in [7, 11) is 0. The van der Waals surface area contributed by atoms with Gasteiger partial charge in [0.05, 0.1) is 11.6 Å². The van der Waals surface area contributed by atoms with Crippen molar-refractivity contribution in [2.24, 2.45) is 0 Å². The maximum absolute atomic E-state index is 13.2. The zero-order valence-electron chi connectivity index (χ0n) is 27.8. The van der Waals surface area contributed by atoms with E-state index in [1.165, 1.54) is 0 Å². The van der Waals surface area contributed by atoms with Crippen LogP contribution in [0.2, 0.25) is 0 Å². The molecule has 5 aromatic rings. The first-order valence-corrected chi connectivity index (χ1v) is 16.8. The molecule has 3 N–H and O–H groups in total. The molecule has 7 rings (SSSR count). The highest BCUT2D eigenvalue weighted by Crippen LogP contribution is 2.29. The van der Waals surface area contributed by atoms with E-state index >= 15 is 0 Å². The van der Waals surface area contributed by atoms with Crippen molar-refractivity contribution in [1.82, 2.24) is 25.2 Å². The highest BCUT2D eigenvalue weighted by atomic mass is 16.2. The topological polar surface area (TPSA) is 132 Å². The van der Waals surface area contributed by atoms with E-state index in [4.69, 9.17) is 0 Å². The van der Waals surface area contributed by atoms with Crippen LogP contribution in [0.5, 0.6) is 0 Å². The van der Waals surface area contributed by atoms with Gasteiger partial charge in [-0.05, 0) is 84.6 Å². The Morgan fingerprint density at radius 3 is 2.52 bits per heavy atom. The van der Waals surface area contributed by atoms with Crippen molar-refractivity contribution in [3.05, 3.63) is 126 Å². The van der Waals surface area contributed by atoms with E-state index in [1.807, 2.05) is 85.8 Å². The van der Waals surface area contributed by atoms with Gasteiger partial charge in [-0.2, -0.15) is 0 Å². The number of amides is 3. The number of carbonyl (C=O) groups is 3. The molecule has 1 atom stereocenters. The molecule has 0 spiro atoms. The summed E-state index contributed by atoms with van der Waals surface area (Å²) in [4.78, 5) is 55.4. The predicted molar refractivity (Wildman–Crippen MR) is 193 cm³/mol. The lowest BCUT2D eigenvalue weighted by Crippen LogP contribution is -2.46. The largest absolute Gasteiger partial charge is 0.369 e. The number of hydrogen-bond acceptors (Lipinski definition) is 9. The average Bonchev–Trinajstić information content (AvgIpc) is 3.14. The van der Waals surface area contributed by atoms with Crippen LogP contribution in [0.1, 0.15) is 45.8 Å². The van der Waals surface area contributed by atoms with E-state index < -0.39 is 0 Å². The minimum absolute atomic E-state index is 0.194. The number of anilines is 4. The molecular weight excluding hydrogens is 628 g/mol. The lowest BCUT2D eigenvalue weighted by atomic mass is 9.87. The number of hydrogen-bond donors (Lipinski definition) is 3. The molecule has 1 unspecified atom stereocenters. The van der Waals surface area contributed by atoms with E-state index in [9.17, 15) is 14.4 Å². The second-order valence-corrected chi connectivity index (χ2v) is 12.6. The fourth-order valence-electron chi connectivity index (χ4n) is 6.49. The molecule has 2 aromatic heterocycles. The second kappa shape index (κ2) is 14.7. The van der Waals surface area contributed by atoms with Crippen LogP contribution in [-0.4, -0.2) is 63.8 Å². The third-order valence-corrected chi connectivity index (χ3v) is 9.29. The van der Waals surface area contributed by atoms with Crippen LogP contribution in [0.4, 0.5) is 23.0 Å². The van der Waals surface area contributed by atoms with Crippen LogP contribution in [0.15, 0.2) is 104 Å². The predicted octanol–water partition coefficient (Wildman–Crippen LogP) is 5.69. The van der Waals surface area contributed by atoms with Crippen molar-refractivity contribution in [2.45, 2.75) is 32.2 Å². The fourth-order valence-corrected chi connectivity index (χ4v) is 6.49. The van der Waals surface area contributed by atoms with E-state index in [1.54, 1.807) is 18.6 Å².